The largest absolute Gasteiger partial charge is 0.596 e. The topological polar surface area (TPSA) is 123 Å². The van der Waals surface area contributed by atoms with Gasteiger partial charge >= 0.3 is 13.7 Å². The number of aromatic nitrogens is 2. The highest BCUT2D eigenvalue weighted by atomic mass is 31.1. The number of nitrogens with one attached hydrogen (secondary N) is 1. The summed E-state index contributed by atoms with van der Waals surface area (Å²) in [7, 11) is -1.11. The first-order chi connectivity index (χ1) is 19.8. The van der Waals surface area contributed by atoms with Crippen molar-refractivity contribution in [2.75, 3.05) is 19.9 Å². The number of benzene rings is 3. The van der Waals surface area contributed by atoms with Gasteiger partial charge < -0.3 is 19.1 Å². The molecule has 41 heavy (non-hydrogen) atoms. The van der Waals surface area contributed by atoms with Crippen LogP contribution >= 0.6 is 8.03 Å². The van der Waals surface area contributed by atoms with Crippen molar-refractivity contribution in [2.45, 2.75) is 31.3 Å². The molecular weight excluding hydrogens is 543 g/mol. The van der Waals surface area contributed by atoms with E-state index < -0.39 is 43.1 Å². The number of H-pyrrole nitrogens is 1. The Labute approximate surface area is 238 Å². The van der Waals surface area contributed by atoms with E-state index in [2.05, 4.69) is 4.98 Å². The average molecular weight is 575 g/mol. The summed E-state index contributed by atoms with van der Waals surface area (Å²) in [6.07, 6.45) is 0.198. The van der Waals surface area contributed by atoms with Crippen LogP contribution in [-0.4, -0.2) is 35.5 Å². The lowest BCUT2D eigenvalue weighted by Gasteiger charge is -2.37. The average Bonchev–Trinajstić information content (AvgIpc) is 3.38. The molecule has 9 nitrogen and oxygen atoms in total. The van der Waals surface area contributed by atoms with Crippen molar-refractivity contribution in [1.82, 2.24) is 9.55 Å². The first kappa shape index (κ1) is 28.6. The lowest BCUT2D eigenvalue weighted by atomic mass is 9.80. The molecule has 1 aliphatic rings. The second-order valence-electron chi connectivity index (χ2n) is 10.1. The first-order valence-electron chi connectivity index (χ1n) is 13.3. The van der Waals surface area contributed by atoms with Gasteiger partial charge in [0.25, 0.3) is 5.56 Å². The Hall–Kier alpha value is -3.88. The van der Waals surface area contributed by atoms with Gasteiger partial charge in [-0.25, -0.2) is 4.79 Å². The molecule has 10 heteroatoms. The van der Waals surface area contributed by atoms with Crippen molar-refractivity contribution in [3.8, 4) is 5.75 Å². The highest BCUT2D eigenvalue weighted by Gasteiger charge is 2.43. The molecule has 1 N–H and O–H groups in total. The molecule has 2 heterocycles. The van der Waals surface area contributed by atoms with Gasteiger partial charge in [-0.2, -0.15) is 0 Å². The van der Waals surface area contributed by atoms with Gasteiger partial charge in [-0.3, -0.25) is 14.3 Å². The molecule has 4 aromatic rings. The molecule has 0 saturated carbocycles. The Morgan fingerprint density at radius 1 is 0.976 bits per heavy atom. The Morgan fingerprint density at radius 2 is 1.56 bits per heavy atom. The van der Waals surface area contributed by atoms with E-state index in [9.17, 15) is 19.0 Å². The molecule has 1 unspecified atom stereocenters. The summed E-state index contributed by atoms with van der Waals surface area (Å²) in [4.78, 5) is 38.7. The molecule has 3 aromatic carbocycles. The number of aromatic amines is 1. The van der Waals surface area contributed by atoms with E-state index in [1.807, 2.05) is 84.9 Å². The number of rotatable bonds is 10. The van der Waals surface area contributed by atoms with E-state index in [0.29, 0.717) is 11.3 Å². The predicted octanol–water partition coefficient (Wildman–Crippen LogP) is 3.87. The van der Waals surface area contributed by atoms with E-state index in [1.54, 1.807) is 14.0 Å². The summed E-state index contributed by atoms with van der Waals surface area (Å²) in [6.45, 7) is 1.64. The number of hydrogen-bond donors (Lipinski definition) is 1. The highest BCUT2D eigenvalue weighted by Crippen LogP contribution is 2.43. The van der Waals surface area contributed by atoms with E-state index in [-0.39, 0.29) is 19.2 Å². The van der Waals surface area contributed by atoms with Crippen molar-refractivity contribution in [2.24, 2.45) is 5.92 Å². The van der Waals surface area contributed by atoms with E-state index in [4.69, 9.17) is 14.2 Å². The van der Waals surface area contributed by atoms with Crippen molar-refractivity contribution in [1.29, 1.82) is 0 Å². The van der Waals surface area contributed by atoms with Crippen molar-refractivity contribution in [3.05, 3.63) is 134 Å². The van der Waals surface area contributed by atoms with Crippen LogP contribution in [0, 0.1) is 12.8 Å². The van der Waals surface area contributed by atoms with Crippen LogP contribution in [-0.2, 0) is 19.6 Å². The van der Waals surface area contributed by atoms with Crippen LogP contribution in [0.1, 0.15) is 34.9 Å². The van der Waals surface area contributed by atoms with Gasteiger partial charge in [-0.1, -0.05) is 77.4 Å². The molecule has 1 fully saturated rings. The van der Waals surface area contributed by atoms with Gasteiger partial charge in [0.1, 0.15) is 23.7 Å². The van der Waals surface area contributed by atoms with Crippen LogP contribution in [0.5, 0.6) is 5.75 Å². The van der Waals surface area contributed by atoms with Crippen LogP contribution in [0.4, 0.5) is 0 Å². The third-order valence-corrected chi connectivity index (χ3v) is 8.29. The van der Waals surface area contributed by atoms with Crippen LogP contribution < -0.4 is 20.9 Å². The molecule has 0 spiro atoms. The van der Waals surface area contributed by atoms with Crippen LogP contribution in [0.15, 0.2) is 101 Å². The van der Waals surface area contributed by atoms with Crippen LogP contribution in [0.3, 0.4) is 0 Å². The maximum absolute atomic E-state index is 12.6. The van der Waals surface area contributed by atoms with Gasteiger partial charge in [-0.05, 0) is 35.7 Å². The SMILES string of the molecule is COc1ccc(C(OC[C@H]2O[C@@H](n3cc(C)c(=O)[nH]c3=O)C[C@@H]2C[P+](=O)[O-])(c2ccccc2)c2ccccc2)cc1. The summed E-state index contributed by atoms with van der Waals surface area (Å²) in [5.74, 6) is 0.270. The maximum atomic E-state index is 12.6. The molecule has 1 saturated heterocycles. The summed E-state index contributed by atoms with van der Waals surface area (Å²) in [5, 5.41) is 0. The minimum Gasteiger partial charge on any atom is -0.596 e. The Kier molecular flexibility index (Phi) is 8.61. The normalized spacial score (nSPS) is 19.2. The Balaban J connectivity index is 1.56. The fourth-order valence-electron chi connectivity index (χ4n) is 5.45. The molecule has 1 aliphatic heterocycles. The standard InChI is InChI=1S/C31H31N2O7P/c1-21-18-33(30(35)32-29(21)34)28-17-22(20-41(36)37)27(40-28)19-39-31(23-9-5-3-6-10-23,24-11-7-4-8-12-24)25-13-15-26(38-2)16-14-25/h3-16,18,22,27-28H,17,19-20H2,1-2H3,(H,32,34,35)/t22-,27-,28-/m1/s1. The summed E-state index contributed by atoms with van der Waals surface area (Å²) in [6, 6.07) is 27.2. The predicted molar refractivity (Wildman–Crippen MR) is 152 cm³/mol. The van der Waals surface area contributed by atoms with Crippen molar-refractivity contribution in [3.63, 3.8) is 0 Å². The molecular formula is C31H31N2O7P. The van der Waals surface area contributed by atoms with Gasteiger partial charge in [-0.15, -0.1) is 0 Å². The summed E-state index contributed by atoms with van der Waals surface area (Å²) < 4.78 is 31.8. The van der Waals surface area contributed by atoms with Crippen molar-refractivity contribution < 1.29 is 23.7 Å². The van der Waals surface area contributed by atoms with Gasteiger partial charge in [0.05, 0.1) is 19.8 Å². The molecule has 0 bridgehead atoms. The first-order valence-corrected chi connectivity index (χ1v) is 14.7. The molecule has 4 atom stereocenters. The lowest BCUT2D eigenvalue weighted by molar-refractivity contribution is -0.165. The van der Waals surface area contributed by atoms with Gasteiger partial charge in [0.15, 0.2) is 0 Å². The van der Waals surface area contributed by atoms with Crippen molar-refractivity contribution >= 4 is 8.03 Å². The molecule has 0 radical (unpaired) electrons. The van der Waals surface area contributed by atoms with E-state index in [1.165, 1.54) is 10.8 Å². The van der Waals surface area contributed by atoms with Crippen LogP contribution in [0.25, 0.3) is 0 Å². The highest BCUT2D eigenvalue weighted by molar-refractivity contribution is 7.36. The number of aryl methyl sites for hydroxylation is 1. The third kappa shape index (κ3) is 5.94. The minimum atomic E-state index is -2.72. The van der Waals surface area contributed by atoms with E-state index in [0.717, 1.165) is 16.7 Å². The third-order valence-electron chi connectivity index (χ3n) is 7.52. The Morgan fingerprint density at radius 3 is 2.12 bits per heavy atom. The zero-order valence-electron chi connectivity index (χ0n) is 22.8. The van der Waals surface area contributed by atoms with E-state index >= 15 is 0 Å². The fraction of sp³-hybridized carbons (Fsp3) is 0.290. The maximum Gasteiger partial charge on any atom is 0.330 e. The zero-order valence-corrected chi connectivity index (χ0v) is 23.7. The molecule has 0 amide bonds. The minimum absolute atomic E-state index is 0.0389. The molecule has 5 rings (SSSR count). The zero-order chi connectivity index (χ0) is 29.0. The van der Waals surface area contributed by atoms with Crippen LogP contribution in [0.2, 0.25) is 0 Å². The quantitative estimate of drug-likeness (QED) is 0.225. The molecule has 212 valence electrons. The van der Waals surface area contributed by atoms with Gasteiger partial charge in [0, 0.05) is 24.1 Å². The summed E-state index contributed by atoms with van der Waals surface area (Å²) >= 11 is 0. The number of hydrogen-bond acceptors (Lipinski definition) is 7. The second-order valence-corrected chi connectivity index (χ2v) is 11.1. The lowest BCUT2D eigenvalue weighted by Crippen LogP contribution is -2.37. The summed E-state index contributed by atoms with van der Waals surface area (Å²) in [5.41, 5.74) is 0.813. The van der Waals surface area contributed by atoms with Gasteiger partial charge in [0.2, 0.25) is 0 Å². The number of methoxy groups -OCH3 is 1. The monoisotopic (exact) mass is 574 g/mol. The fourth-order valence-corrected chi connectivity index (χ4v) is 6.21. The molecule has 0 aliphatic carbocycles. The Bertz CT molecular complexity index is 1560. The number of ether oxygens (including phenoxy) is 3. The second kappa shape index (κ2) is 12.3. The molecule has 1 aromatic heterocycles. The number of nitrogens with zero attached hydrogens (tertiary/aromatic N) is 1. The smallest absolute Gasteiger partial charge is 0.330 e.